The third kappa shape index (κ3) is 39.8. The van der Waals surface area contributed by atoms with Gasteiger partial charge in [-0.1, -0.05) is 0 Å². The summed E-state index contributed by atoms with van der Waals surface area (Å²) in [6, 6.07) is 0. The molecule has 28 valence electrons. The van der Waals surface area contributed by atoms with Crippen molar-refractivity contribution >= 4 is 90.8 Å². The molecule has 0 saturated heterocycles. The summed E-state index contributed by atoms with van der Waals surface area (Å²) in [4.78, 5) is 0. The van der Waals surface area contributed by atoms with Crippen molar-refractivity contribution in [1.82, 2.24) is 0 Å². The minimum absolute atomic E-state index is 0. The van der Waals surface area contributed by atoms with Gasteiger partial charge in [-0.2, -0.15) is 0 Å². The Bertz CT molecular complexity index is 17.8. The van der Waals surface area contributed by atoms with Crippen LogP contribution < -0.4 is 37.7 Å². The molecule has 0 aliphatic carbocycles. The van der Waals surface area contributed by atoms with Crippen LogP contribution in [0.25, 0.3) is 0 Å². The molecule has 0 aromatic heterocycles. The molecule has 0 aliphatic heterocycles. The van der Waals surface area contributed by atoms with Crippen molar-refractivity contribution in [3.05, 3.63) is 0 Å². The Labute approximate surface area is 129 Å². The first-order valence-electron chi connectivity index (χ1n) is 0. The van der Waals surface area contributed by atoms with E-state index in [4.69, 9.17) is 0 Å². The van der Waals surface area contributed by atoms with Gasteiger partial charge >= 0.3 is 77.3 Å². The first kappa shape index (κ1) is 68.4. The van der Waals surface area contributed by atoms with Gasteiger partial charge in [-0.3, -0.25) is 0 Å². The van der Waals surface area contributed by atoms with Crippen LogP contribution in [-0.2, 0) is 0 Å². The van der Waals surface area contributed by atoms with Crippen molar-refractivity contribution in [3.63, 3.8) is 0 Å². The molecule has 0 atom stereocenters. The zero-order chi connectivity index (χ0) is 0. The SMILES string of the molecule is [Ga+3].[Ga+3].[H-].[H-].[Li+].[Li+].[Se-2].[Se-2].[Se-2]. The van der Waals surface area contributed by atoms with Gasteiger partial charge in [0.05, 0.1) is 0 Å². The van der Waals surface area contributed by atoms with E-state index in [1.165, 1.54) is 0 Å². The van der Waals surface area contributed by atoms with Gasteiger partial charge < -0.3 is 54.1 Å². The van der Waals surface area contributed by atoms with E-state index in [2.05, 4.69) is 0 Å². The molecule has 0 aromatic carbocycles. The molecule has 0 fully saturated rings. The summed E-state index contributed by atoms with van der Waals surface area (Å²) >= 11 is 0. The topological polar surface area (TPSA) is 0 Å². The molecule has 0 N–H and O–H groups in total. The molecule has 0 heterocycles. The Kier molecular flexibility index (Phi) is 492. The minimum atomic E-state index is 0. The molecule has 0 rings (SSSR count). The number of rotatable bonds is 0. The zero-order valence-corrected chi connectivity index (χ0v) is 14.4. The van der Waals surface area contributed by atoms with Crippen molar-refractivity contribution in [2.45, 2.75) is 0 Å². The van der Waals surface area contributed by atoms with Crippen LogP contribution in [0.2, 0.25) is 0 Å². The second-order valence-corrected chi connectivity index (χ2v) is 0. The van der Waals surface area contributed by atoms with Gasteiger partial charge in [0.1, 0.15) is 0 Å². The average molecular weight is 392 g/mol. The first-order valence-corrected chi connectivity index (χ1v) is 0. The summed E-state index contributed by atoms with van der Waals surface area (Å²) < 4.78 is 0. The smallest absolute Gasteiger partial charge is 2.00 e. The molecular weight excluding hydrogens is 390 g/mol. The van der Waals surface area contributed by atoms with Crippen LogP contribution in [0.3, 0.4) is 0 Å². The molecule has 0 unspecified atom stereocenters. The maximum atomic E-state index is 0. The van der Waals surface area contributed by atoms with Crippen LogP contribution in [0.4, 0.5) is 0 Å². The van der Waals surface area contributed by atoms with Crippen LogP contribution in [-0.4, -0.2) is 90.8 Å². The van der Waals surface area contributed by atoms with E-state index in [9.17, 15) is 0 Å². The van der Waals surface area contributed by atoms with Crippen molar-refractivity contribution in [1.29, 1.82) is 0 Å². The summed E-state index contributed by atoms with van der Waals surface area (Å²) in [7, 11) is 0. The first-order chi connectivity index (χ1) is 0. The molecule has 0 nitrogen and oxygen atoms in total. The molecule has 0 saturated carbocycles. The van der Waals surface area contributed by atoms with Gasteiger partial charge in [-0.05, 0) is 0 Å². The number of hydrogen-bond acceptors (Lipinski definition) is 0. The van der Waals surface area contributed by atoms with E-state index in [-0.39, 0.29) is 131 Å². The van der Waals surface area contributed by atoms with E-state index >= 15 is 0 Å². The molecule has 0 aromatic rings. The average Bonchev–Trinajstić information content (AvgIpc) is 0. The van der Waals surface area contributed by atoms with Crippen LogP contribution >= 0.6 is 0 Å². The van der Waals surface area contributed by atoms with Gasteiger partial charge in [-0.15, -0.1) is 0 Å². The normalized spacial score (nSPS) is 0. The molecular formula is H2Ga2Li2Se3. The van der Waals surface area contributed by atoms with Crippen molar-refractivity contribution in [3.8, 4) is 0 Å². The summed E-state index contributed by atoms with van der Waals surface area (Å²) in [5.41, 5.74) is 0. The molecule has 0 bridgehead atoms. The van der Waals surface area contributed by atoms with Crippen molar-refractivity contribution in [2.75, 3.05) is 0 Å². The summed E-state index contributed by atoms with van der Waals surface area (Å²) in [5, 5.41) is 0. The van der Waals surface area contributed by atoms with E-state index in [0.29, 0.717) is 0 Å². The zero-order valence-electron chi connectivity index (χ0n) is 6.38. The standard InChI is InChI=1S/2Ga.2Li.3Se.2H/q2*+3;2*+1;3*-2;2*-1. The van der Waals surface area contributed by atoms with Gasteiger partial charge in [-0.25, -0.2) is 0 Å². The third-order valence-corrected chi connectivity index (χ3v) is 0. The summed E-state index contributed by atoms with van der Waals surface area (Å²) in [5.74, 6) is 0. The van der Waals surface area contributed by atoms with Gasteiger partial charge in [0.25, 0.3) is 0 Å². The molecule has 7 heteroatoms. The molecule has 0 spiro atoms. The van der Waals surface area contributed by atoms with Crippen LogP contribution in [0.1, 0.15) is 2.85 Å². The van der Waals surface area contributed by atoms with Crippen LogP contribution in [0.15, 0.2) is 0 Å². The van der Waals surface area contributed by atoms with Crippen LogP contribution in [0, 0.1) is 0 Å². The Morgan fingerprint density at radius 2 is 0.571 bits per heavy atom. The van der Waals surface area contributed by atoms with E-state index < -0.39 is 0 Å². The predicted molar refractivity (Wildman–Crippen MR) is 31.0 cm³/mol. The van der Waals surface area contributed by atoms with E-state index in [1.54, 1.807) is 0 Å². The van der Waals surface area contributed by atoms with E-state index in [1.807, 2.05) is 0 Å². The van der Waals surface area contributed by atoms with Gasteiger partial charge in [0, 0.05) is 0 Å². The fourth-order valence-corrected chi connectivity index (χ4v) is 0. The Morgan fingerprint density at radius 3 is 0.571 bits per heavy atom. The minimum Gasteiger partial charge on any atom is -2.00 e. The molecule has 7 heavy (non-hydrogen) atoms. The Balaban J connectivity index is 0. The summed E-state index contributed by atoms with van der Waals surface area (Å²) in [6.45, 7) is 0. The van der Waals surface area contributed by atoms with Gasteiger partial charge in [0.15, 0.2) is 0 Å². The van der Waals surface area contributed by atoms with Gasteiger partial charge in [0.2, 0.25) is 0 Å². The predicted octanol–water partition coefficient (Wildman–Crippen LogP) is -7.67. The maximum Gasteiger partial charge on any atom is 3.00 e. The Morgan fingerprint density at radius 1 is 0.571 bits per heavy atom. The Hall–Kier alpha value is 4.03. The fraction of sp³-hybridized carbons (Fsp3) is 0. The van der Waals surface area contributed by atoms with Crippen molar-refractivity contribution in [2.24, 2.45) is 0 Å². The van der Waals surface area contributed by atoms with Crippen molar-refractivity contribution < 1.29 is 40.6 Å². The monoisotopic (exact) mass is 394 g/mol. The largest absolute Gasteiger partial charge is 3.00 e. The number of hydrogen-bond donors (Lipinski definition) is 0. The molecule has 0 aliphatic rings. The van der Waals surface area contributed by atoms with E-state index in [0.717, 1.165) is 0 Å². The summed E-state index contributed by atoms with van der Waals surface area (Å²) in [6.07, 6.45) is 0. The second kappa shape index (κ2) is 50.4. The third-order valence-electron chi connectivity index (χ3n) is 0. The molecule has 0 radical (unpaired) electrons. The second-order valence-electron chi connectivity index (χ2n) is 0. The molecule has 0 amide bonds. The maximum absolute atomic E-state index is 0. The van der Waals surface area contributed by atoms with Crippen LogP contribution in [0.5, 0.6) is 0 Å². The quantitative estimate of drug-likeness (QED) is 0.360. The fourth-order valence-electron chi connectivity index (χ4n) is 0.